The zero-order valence-corrected chi connectivity index (χ0v) is 25.0. The monoisotopic (exact) mass is 678 g/mol. The van der Waals surface area contributed by atoms with Gasteiger partial charge in [-0.1, -0.05) is 122 Å². The van der Waals surface area contributed by atoms with Crippen LogP contribution < -0.4 is 9.44 Å². The Morgan fingerprint density at radius 3 is 1.21 bits per heavy atom. The van der Waals surface area contributed by atoms with Gasteiger partial charge in [0.15, 0.2) is 0 Å². The molecule has 3 aromatic rings. The molecule has 2 N–H and O–H groups in total. The molecule has 0 saturated carbocycles. The van der Waals surface area contributed by atoms with Gasteiger partial charge in [-0.05, 0) is 48.5 Å². The number of benzene rings is 3. The summed E-state index contributed by atoms with van der Waals surface area (Å²) in [6.45, 7) is 1.94. The Kier molecular flexibility index (Phi) is 10.3. The summed E-state index contributed by atoms with van der Waals surface area (Å²) < 4.78 is 6.38. The average molecular weight is 683 g/mol. The lowest BCUT2D eigenvalue weighted by Crippen LogP contribution is -1.97. The van der Waals surface area contributed by atoms with E-state index in [9.17, 15) is 0 Å². The zero-order chi connectivity index (χ0) is 24.6. The highest BCUT2D eigenvalue weighted by molar-refractivity contribution is 8.01. The molecule has 0 aliphatic carbocycles. The molecule has 0 aliphatic rings. The fourth-order valence-electron chi connectivity index (χ4n) is 2.39. The molecular weight excluding hydrogens is 675 g/mol. The van der Waals surface area contributed by atoms with E-state index in [0.29, 0.717) is 21.2 Å². The second kappa shape index (κ2) is 11.9. The normalized spacial score (nSPS) is 11.1. The van der Waals surface area contributed by atoms with E-state index in [-0.39, 0.29) is 50.2 Å². The first-order valence-electron chi connectivity index (χ1n) is 8.44. The van der Waals surface area contributed by atoms with Gasteiger partial charge in [0.1, 0.15) is 0 Å². The topological polar surface area (TPSA) is 24.1 Å². The lowest BCUT2D eigenvalue weighted by Gasteiger charge is -2.17. The molecule has 0 spiro atoms. The number of aryl methyl sites for hydroxylation is 1. The quantitative estimate of drug-likeness (QED) is 0.154. The fourth-order valence-corrected chi connectivity index (χ4v) is 6.89. The van der Waals surface area contributed by atoms with Gasteiger partial charge < -0.3 is 9.44 Å². The highest BCUT2D eigenvalue weighted by Crippen LogP contribution is 2.50. The summed E-state index contributed by atoms with van der Waals surface area (Å²) in [6.07, 6.45) is 0. The maximum absolute atomic E-state index is 6.33. The van der Waals surface area contributed by atoms with E-state index in [1.54, 1.807) is 0 Å². The van der Waals surface area contributed by atoms with Crippen molar-refractivity contribution in [1.29, 1.82) is 0 Å². The maximum atomic E-state index is 6.33. The summed E-state index contributed by atoms with van der Waals surface area (Å²) in [6, 6.07) is 5.68. The van der Waals surface area contributed by atoms with Gasteiger partial charge in [-0.2, -0.15) is 0 Å². The first-order chi connectivity index (χ1) is 15.5. The second-order valence-corrected chi connectivity index (χ2v) is 11.7. The van der Waals surface area contributed by atoms with Crippen molar-refractivity contribution in [3.8, 4) is 0 Å². The van der Waals surface area contributed by atoms with Crippen molar-refractivity contribution in [3.05, 3.63) is 74.0 Å². The van der Waals surface area contributed by atoms with Gasteiger partial charge in [-0.3, -0.25) is 0 Å². The van der Waals surface area contributed by atoms with Crippen molar-refractivity contribution < 1.29 is 0 Å². The summed E-state index contributed by atoms with van der Waals surface area (Å²) in [7, 11) is 0. The molecule has 0 saturated heterocycles. The van der Waals surface area contributed by atoms with Crippen LogP contribution in [0.3, 0.4) is 0 Å². The van der Waals surface area contributed by atoms with Crippen molar-refractivity contribution in [3.63, 3.8) is 0 Å². The van der Waals surface area contributed by atoms with E-state index >= 15 is 0 Å². The van der Waals surface area contributed by atoms with E-state index in [2.05, 4.69) is 9.44 Å². The minimum absolute atomic E-state index is 0.0841. The standard InChI is InChI=1S/C19H8Cl10N2S2/c1-5-2-3-6(30-32-18-14(26)10(22)8(20)11(23)15(18)27)7(4-5)31-33-19-16(28)12(24)9(21)13(25)17(19)29/h2-4,30-31H,1H3. The molecule has 2 nitrogen and oxygen atoms in total. The molecule has 0 aromatic heterocycles. The number of hydrogen-bond donors (Lipinski definition) is 2. The van der Waals surface area contributed by atoms with Crippen LogP contribution in [0.1, 0.15) is 5.56 Å². The number of rotatable bonds is 6. The second-order valence-electron chi connectivity index (χ2n) is 6.26. The van der Waals surface area contributed by atoms with Crippen LogP contribution in [0.5, 0.6) is 0 Å². The minimum atomic E-state index is 0.0841. The molecule has 176 valence electrons. The zero-order valence-electron chi connectivity index (χ0n) is 15.8. The largest absolute Gasteiger partial charge is 0.324 e. The van der Waals surface area contributed by atoms with E-state index < -0.39 is 0 Å². The summed E-state index contributed by atoms with van der Waals surface area (Å²) in [5.41, 5.74) is 2.37. The Morgan fingerprint density at radius 2 is 0.818 bits per heavy atom. The van der Waals surface area contributed by atoms with Crippen LogP contribution in [0.15, 0.2) is 28.0 Å². The van der Waals surface area contributed by atoms with E-state index in [1.165, 1.54) is 0 Å². The van der Waals surface area contributed by atoms with Crippen LogP contribution in [0, 0.1) is 6.92 Å². The Bertz CT molecular complexity index is 1190. The van der Waals surface area contributed by atoms with Gasteiger partial charge in [0, 0.05) is 0 Å². The third-order valence-electron chi connectivity index (χ3n) is 4.04. The SMILES string of the molecule is Cc1ccc(NSc2c(Cl)c(Cl)c(Cl)c(Cl)c2Cl)c(NSc2c(Cl)c(Cl)c(Cl)c(Cl)c2Cl)c1. The average Bonchev–Trinajstić information content (AvgIpc) is 2.79. The highest BCUT2D eigenvalue weighted by atomic mass is 35.5. The smallest absolute Gasteiger partial charge is 0.0809 e. The van der Waals surface area contributed by atoms with Crippen molar-refractivity contribution in [2.45, 2.75) is 16.7 Å². The van der Waals surface area contributed by atoms with E-state index in [1.807, 2.05) is 25.1 Å². The Morgan fingerprint density at radius 1 is 0.485 bits per heavy atom. The van der Waals surface area contributed by atoms with Crippen LogP contribution in [-0.2, 0) is 0 Å². The van der Waals surface area contributed by atoms with Crippen molar-refractivity contribution in [1.82, 2.24) is 0 Å². The Balaban J connectivity index is 1.90. The van der Waals surface area contributed by atoms with Gasteiger partial charge >= 0.3 is 0 Å². The van der Waals surface area contributed by atoms with Crippen molar-refractivity contribution >= 4 is 151 Å². The first-order valence-corrected chi connectivity index (χ1v) is 13.9. The number of halogens is 10. The van der Waals surface area contributed by atoms with Gasteiger partial charge in [-0.25, -0.2) is 0 Å². The van der Waals surface area contributed by atoms with Crippen LogP contribution in [0.4, 0.5) is 11.4 Å². The van der Waals surface area contributed by atoms with Gasteiger partial charge in [-0.15, -0.1) is 0 Å². The summed E-state index contributed by atoms with van der Waals surface area (Å²) in [5.74, 6) is 0. The Hall–Kier alpha value is 0.860. The summed E-state index contributed by atoms with van der Waals surface area (Å²) >= 11 is 64.3. The third kappa shape index (κ3) is 6.06. The highest BCUT2D eigenvalue weighted by Gasteiger charge is 2.22. The summed E-state index contributed by atoms with van der Waals surface area (Å²) in [4.78, 5) is 0.833. The van der Waals surface area contributed by atoms with Gasteiger partial charge in [0.2, 0.25) is 0 Å². The van der Waals surface area contributed by atoms with E-state index in [0.717, 1.165) is 29.5 Å². The first kappa shape index (κ1) is 28.4. The van der Waals surface area contributed by atoms with Crippen molar-refractivity contribution in [2.24, 2.45) is 0 Å². The molecule has 0 amide bonds. The van der Waals surface area contributed by atoms with Crippen LogP contribution in [0.25, 0.3) is 0 Å². The number of nitrogens with one attached hydrogen (secondary N) is 2. The van der Waals surface area contributed by atoms with Crippen LogP contribution in [0.2, 0.25) is 50.2 Å². The molecule has 0 aliphatic heterocycles. The predicted molar refractivity (Wildman–Crippen MR) is 153 cm³/mol. The van der Waals surface area contributed by atoms with Crippen molar-refractivity contribution in [2.75, 3.05) is 9.44 Å². The minimum Gasteiger partial charge on any atom is -0.324 e. The van der Waals surface area contributed by atoms with Crippen LogP contribution >= 0.6 is 140 Å². The molecule has 0 unspecified atom stereocenters. The maximum Gasteiger partial charge on any atom is 0.0809 e. The Labute approximate surface area is 249 Å². The lowest BCUT2D eigenvalue weighted by molar-refractivity contribution is 1.44. The molecule has 3 rings (SSSR count). The molecule has 33 heavy (non-hydrogen) atoms. The predicted octanol–water partition coefficient (Wildman–Crippen LogP) is 12.8. The van der Waals surface area contributed by atoms with Gasteiger partial charge in [0.05, 0.1) is 71.4 Å². The number of anilines is 2. The molecular formula is C19H8Cl10N2S2. The summed E-state index contributed by atoms with van der Waals surface area (Å²) in [5, 5.41) is 1.30. The molecule has 0 bridgehead atoms. The number of hydrogen-bond acceptors (Lipinski definition) is 4. The van der Waals surface area contributed by atoms with Crippen LogP contribution in [-0.4, -0.2) is 0 Å². The lowest BCUT2D eigenvalue weighted by atomic mass is 10.2. The molecule has 14 heteroatoms. The molecule has 0 fully saturated rings. The van der Waals surface area contributed by atoms with E-state index in [4.69, 9.17) is 116 Å². The third-order valence-corrected chi connectivity index (χ3v) is 10.9. The molecule has 0 radical (unpaired) electrons. The molecule has 0 heterocycles. The van der Waals surface area contributed by atoms with Gasteiger partial charge in [0.25, 0.3) is 0 Å². The fraction of sp³-hybridized carbons (Fsp3) is 0.0526. The molecule has 0 atom stereocenters. The molecule has 3 aromatic carbocycles.